The fraction of sp³-hybridized carbons (Fsp3) is 0.136. The molecule has 0 fully saturated rings. The second kappa shape index (κ2) is 9.60. The van der Waals surface area contributed by atoms with Crippen LogP contribution in [0.2, 0.25) is 0 Å². The van der Waals surface area contributed by atoms with Crippen LogP contribution in [-0.4, -0.2) is 33.2 Å². The number of esters is 1. The van der Waals surface area contributed by atoms with Gasteiger partial charge in [0, 0.05) is 6.92 Å². The van der Waals surface area contributed by atoms with Crippen molar-refractivity contribution in [3.8, 4) is 5.75 Å². The van der Waals surface area contributed by atoms with Gasteiger partial charge in [0.15, 0.2) is 0 Å². The summed E-state index contributed by atoms with van der Waals surface area (Å²) >= 11 is 0. The highest BCUT2D eigenvalue weighted by atomic mass is 32.3. The lowest BCUT2D eigenvalue weighted by Gasteiger charge is -2.29. The molecule has 0 saturated heterocycles. The Balaban J connectivity index is 2.18. The molecule has 0 N–H and O–H groups in total. The number of halogens is 1. The Morgan fingerprint density at radius 1 is 0.812 bits per heavy atom. The zero-order chi connectivity index (χ0) is 23.4. The van der Waals surface area contributed by atoms with Gasteiger partial charge in [-0.3, -0.25) is 4.79 Å². The minimum Gasteiger partial charge on any atom is -0.427 e. The lowest BCUT2D eigenvalue weighted by molar-refractivity contribution is -0.131. The maximum absolute atomic E-state index is 14.3. The summed E-state index contributed by atoms with van der Waals surface area (Å²) in [4.78, 5) is 10.5. The third-order valence-corrected chi connectivity index (χ3v) is 8.85. The standard InChI is InChI=1S/C22H20FNO6S2/c1-17(25)30-19-14-12-18(13-15-19)22(16-23)24(31(26,27)20-8-4-2-5-9-20)32(28,29)21-10-6-3-7-11-21/h2-15,22H,16H2,1H3. The van der Waals surface area contributed by atoms with E-state index in [0.717, 1.165) is 0 Å². The molecule has 0 bridgehead atoms. The monoisotopic (exact) mass is 477 g/mol. The highest BCUT2D eigenvalue weighted by Gasteiger charge is 2.43. The average molecular weight is 478 g/mol. The molecular formula is C22H20FNO6S2. The first kappa shape index (κ1) is 23.6. The van der Waals surface area contributed by atoms with E-state index in [1.165, 1.54) is 79.7 Å². The summed E-state index contributed by atoms with van der Waals surface area (Å²) in [6.07, 6.45) is 0. The molecule has 0 heterocycles. The van der Waals surface area contributed by atoms with E-state index in [9.17, 15) is 26.0 Å². The Labute approximate surface area is 186 Å². The van der Waals surface area contributed by atoms with Gasteiger partial charge in [0.25, 0.3) is 20.0 Å². The highest BCUT2D eigenvalue weighted by Crippen LogP contribution is 2.35. The van der Waals surface area contributed by atoms with Crippen LogP contribution in [0.5, 0.6) is 5.75 Å². The third kappa shape index (κ3) is 4.87. The second-order valence-electron chi connectivity index (χ2n) is 6.69. The smallest absolute Gasteiger partial charge is 0.308 e. The Bertz CT molecular complexity index is 1210. The minimum absolute atomic E-state index is 0.0717. The highest BCUT2D eigenvalue weighted by molar-refractivity contribution is 8.04. The fourth-order valence-corrected chi connectivity index (χ4v) is 7.04. The molecule has 32 heavy (non-hydrogen) atoms. The summed E-state index contributed by atoms with van der Waals surface area (Å²) in [5, 5.41) is 0. The third-order valence-electron chi connectivity index (χ3n) is 4.48. The fourth-order valence-electron chi connectivity index (χ4n) is 3.05. The number of hydrogen-bond donors (Lipinski definition) is 0. The SMILES string of the molecule is CC(=O)Oc1ccc(C(CF)N(S(=O)(=O)c2ccccc2)S(=O)(=O)c2ccccc2)cc1. The molecule has 1 unspecified atom stereocenters. The van der Waals surface area contributed by atoms with Crippen LogP contribution in [0.25, 0.3) is 0 Å². The molecule has 0 spiro atoms. The van der Waals surface area contributed by atoms with Crippen molar-refractivity contribution >= 4 is 26.0 Å². The van der Waals surface area contributed by atoms with Crippen molar-refractivity contribution in [2.45, 2.75) is 22.8 Å². The molecule has 3 aromatic rings. The van der Waals surface area contributed by atoms with Crippen molar-refractivity contribution in [2.24, 2.45) is 0 Å². The zero-order valence-electron chi connectivity index (χ0n) is 17.0. The van der Waals surface area contributed by atoms with Gasteiger partial charge in [-0.05, 0) is 42.0 Å². The number of carbonyl (C=O) groups excluding carboxylic acids is 1. The zero-order valence-corrected chi connectivity index (χ0v) is 18.6. The Morgan fingerprint density at radius 3 is 1.62 bits per heavy atom. The summed E-state index contributed by atoms with van der Waals surface area (Å²) in [5.74, 6) is -0.415. The van der Waals surface area contributed by atoms with Gasteiger partial charge < -0.3 is 4.74 Å². The van der Waals surface area contributed by atoms with Gasteiger partial charge in [-0.1, -0.05) is 52.2 Å². The molecule has 0 amide bonds. The maximum Gasteiger partial charge on any atom is 0.308 e. The summed E-state index contributed by atoms with van der Waals surface area (Å²) in [5.41, 5.74) is 0.0717. The molecule has 0 saturated carbocycles. The Hall–Kier alpha value is -3.08. The number of benzene rings is 3. The van der Waals surface area contributed by atoms with Crippen LogP contribution in [0.1, 0.15) is 18.5 Å². The molecule has 168 valence electrons. The summed E-state index contributed by atoms with van der Waals surface area (Å²) < 4.78 is 73.3. The minimum atomic E-state index is -4.68. The number of sulfonamides is 2. The molecule has 0 aliphatic rings. The summed E-state index contributed by atoms with van der Waals surface area (Å²) in [7, 11) is -9.35. The average Bonchev–Trinajstić information content (AvgIpc) is 2.78. The molecule has 10 heteroatoms. The van der Waals surface area contributed by atoms with E-state index in [2.05, 4.69) is 0 Å². The van der Waals surface area contributed by atoms with E-state index in [4.69, 9.17) is 4.74 Å². The van der Waals surface area contributed by atoms with Crippen LogP contribution < -0.4 is 4.74 Å². The molecule has 0 aliphatic heterocycles. The summed E-state index contributed by atoms with van der Waals surface area (Å²) in [6, 6.07) is 17.5. The molecule has 7 nitrogen and oxygen atoms in total. The van der Waals surface area contributed by atoms with Crippen molar-refractivity contribution in [2.75, 3.05) is 6.67 Å². The topological polar surface area (TPSA) is 97.8 Å². The molecular weight excluding hydrogens is 457 g/mol. The van der Waals surface area contributed by atoms with Gasteiger partial charge in [-0.15, -0.1) is 0 Å². The Morgan fingerprint density at radius 2 is 1.25 bits per heavy atom. The number of ether oxygens (including phenoxy) is 1. The van der Waals surface area contributed by atoms with Crippen LogP contribution in [-0.2, 0) is 24.8 Å². The van der Waals surface area contributed by atoms with E-state index in [-0.39, 0.29) is 24.8 Å². The molecule has 1 atom stereocenters. The quantitative estimate of drug-likeness (QED) is 0.362. The van der Waals surface area contributed by atoms with Crippen LogP contribution >= 0.6 is 0 Å². The first-order valence-electron chi connectivity index (χ1n) is 9.42. The summed E-state index contributed by atoms with van der Waals surface area (Å²) in [6.45, 7) is -0.107. The van der Waals surface area contributed by atoms with Gasteiger partial charge in [-0.2, -0.15) is 0 Å². The first-order chi connectivity index (χ1) is 15.2. The number of hydrogen-bond acceptors (Lipinski definition) is 6. The van der Waals surface area contributed by atoms with E-state index in [1.807, 2.05) is 0 Å². The van der Waals surface area contributed by atoms with E-state index in [1.54, 1.807) is 12.1 Å². The number of rotatable bonds is 8. The molecule has 3 rings (SSSR count). The second-order valence-corrected chi connectivity index (χ2v) is 10.6. The molecule has 0 aliphatic carbocycles. The van der Waals surface area contributed by atoms with E-state index < -0.39 is 38.7 Å². The van der Waals surface area contributed by atoms with Crippen molar-refractivity contribution in [3.63, 3.8) is 0 Å². The number of nitrogens with zero attached hydrogens (tertiary/aromatic N) is 1. The van der Waals surface area contributed by atoms with Gasteiger partial charge >= 0.3 is 5.97 Å². The predicted molar refractivity (Wildman–Crippen MR) is 116 cm³/mol. The predicted octanol–water partition coefficient (Wildman–Crippen LogP) is 3.70. The van der Waals surface area contributed by atoms with Gasteiger partial charge in [-0.25, -0.2) is 21.2 Å². The van der Waals surface area contributed by atoms with Crippen LogP contribution in [0.4, 0.5) is 4.39 Å². The molecule has 0 aromatic heterocycles. The van der Waals surface area contributed by atoms with Crippen molar-refractivity contribution in [1.82, 2.24) is 3.71 Å². The maximum atomic E-state index is 14.3. The first-order valence-corrected chi connectivity index (χ1v) is 12.3. The van der Waals surface area contributed by atoms with Crippen LogP contribution in [0.3, 0.4) is 0 Å². The lowest BCUT2D eigenvalue weighted by Crippen LogP contribution is -2.40. The van der Waals surface area contributed by atoms with Crippen LogP contribution in [0, 0.1) is 0 Å². The van der Waals surface area contributed by atoms with Crippen molar-refractivity contribution in [1.29, 1.82) is 0 Å². The largest absolute Gasteiger partial charge is 0.427 e. The van der Waals surface area contributed by atoms with Gasteiger partial charge in [0.1, 0.15) is 12.4 Å². The number of carbonyl (C=O) groups is 1. The van der Waals surface area contributed by atoms with Gasteiger partial charge in [0.05, 0.1) is 15.8 Å². The lowest BCUT2D eigenvalue weighted by atomic mass is 10.1. The van der Waals surface area contributed by atoms with E-state index in [0.29, 0.717) is 0 Å². The Kier molecular flexibility index (Phi) is 7.07. The van der Waals surface area contributed by atoms with Gasteiger partial charge in [0.2, 0.25) is 0 Å². The van der Waals surface area contributed by atoms with Crippen LogP contribution in [0.15, 0.2) is 94.7 Å². The molecule has 0 radical (unpaired) electrons. The van der Waals surface area contributed by atoms with Crippen molar-refractivity contribution < 1.29 is 30.8 Å². The normalized spacial score (nSPS) is 13.0. The number of alkyl halides is 1. The molecule has 3 aromatic carbocycles. The van der Waals surface area contributed by atoms with Crippen molar-refractivity contribution in [3.05, 3.63) is 90.5 Å². The van der Waals surface area contributed by atoms with E-state index >= 15 is 0 Å².